The first kappa shape index (κ1) is 16.9. The Kier molecular flexibility index (Phi) is 4.77. The molecule has 0 bridgehead atoms. The first-order valence-corrected chi connectivity index (χ1v) is 8.89. The van der Waals surface area contributed by atoms with Gasteiger partial charge in [0.1, 0.15) is 6.10 Å². The van der Waals surface area contributed by atoms with Gasteiger partial charge < -0.3 is 24.9 Å². The van der Waals surface area contributed by atoms with Gasteiger partial charge >= 0.3 is 0 Å². The van der Waals surface area contributed by atoms with E-state index < -0.39 is 18.1 Å². The number of ether oxygens (including phenoxy) is 2. The number of carbonyl (C=O) groups is 1. The van der Waals surface area contributed by atoms with Gasteiger partial charge in [0.15, 0.2) is 6.10 Å². The van der Waals surface area contributed by atoms with Crippen LogP contribution in [0.3, 0.4) is 0 Å². The number of furan rings is 1. The van der Waals surface area contributed by atoms with E-state index in [0.717, 1.165) is 37.1 Å². The zero-order chi connectivity index (χ0) is 17.9. The number of nitrogens with one attached hydrogen (secondary N) is 1. The van der Waals surface area contributed by atoms with Crippen LogP contribution in [0.2, 0.25) is 0 Å². The lowest BCUT2D eigenvalue weighted by molar-refractivity contribution is -0.0687. The van der Waals surface area contributed by atoms with Crippen LogP contribution in [0.1, 0.15) is 40.4 Å². The van der Waals surface area contributed by atoms with E-state index in [0.29, 0.717) is 11.5 Å². The summed E-state index contributed by atoms with van der Waals surface area (Å²) in [6.45, 7) is 1.77. The summed E-state index contributed by atoms with van der Waals surface area (Å²) in [4.78, 5) is 11.9. The van der Waals surface area contributed by atoms with Gasteiger partial charge in [-0.05, 0) is 49.2 Å². The fraction of sp³-hybridized carbons (Fsp3) is 0.350. The molecule has 3 heterocycles. The summed E-state index contributed by atoms with van der Waals surface area (Å²) in [5.74, 6) is -0.0149. The van der Waals surface area contributed by atoms with E-state index >= 15 is 0 Å². The van der Waals surface area contributed by atoms with Crippen LogP contribution in [0.15, 0.2) is 47.1 Å². The molecule has 1 aromatic carbocycles. The normalized spacial score (nSPS) is 23.1. The lowest BCUT2D eigenvalue weighted by atomic mass is 9.96. The molecule has 6 nitrogen and oxygen atoms in total. The number of piperidine rings is 1. The fourth-order valence-corrected chi connectivity index (χ4v) is 3.49. The van der Waals surface area contributed by atoms with Gasteiger partial charge in [0.2, 0.25) is 5.91 Å². The number of fused-ring (bicyclic) bond motifs is 1. The van der Waals surface area contributed by atoms with E-state index in [1.54, 1.807) is 18.4 Å². The van der Waals surface area contributed by atoms with Crippen molar-refractivity contribution in [2.24, 2.45) is 5.73 Å². The third kappa shape index (κ3) is 3.38. The maximum absolute atomic E-state index is 11.9. The van der Waals surface area contributed by atoms with Crippen LogP contribution in [0.25, 0.3) is 6.08 Å². The molecule has 0 spiro atoms. The minimum atomic E-state index is -0.477. The van der Waals surface area contributed by atoms with Gasteiger partial charge in [-0.25, -0.2) is 0 Å². The van der Waals surface area contributed by atoms with Crippen molar-refractivity contribution in [3.63, 3.8) is 0 Å². The molecular weight excluding hydrogens is 332 g/mol. The van der Waals surface area contributed by atoms with Gasteiger partial charge in [-0.2, -0.15) is 0 Å². The van der Waals surface area contributed by atoms with Crippen LogP contribution in [-0.4, -0.2) is 31.2 Å². The molecule has 3 atom stereocenters. The van der Waals surface area contributed by atoms with Crippen molar-refractivity contribution in [2.75, 3.05) is 13.1 Å². The monoisotopic (exact) mass is 354 g/mol. The van der Waals surface area contributed by atoms with Gasteiger partial charge in [-0.1, -0.05) is 18.2 Å². The molecule has 1 amide bonds. The Bertz CT molecular complexity index is 808. The average molecular weight is 354 g/mol. The molecule has 136 valence electrons. The second-order valence-electron chi connectivity index (χ2n) is 6.58. The molecule has 2 aliphatic heterocycles. The summed E-state index contributed by atoms with van der Waals surface area (Å²) in [7, 11) is 0. The molecule has 3 N–H and O–H groups in total. The molecule has 0 saturated carbocycles. The number of benzene rings is 1. The molecule has 1 fully saturated rings. The standard InChI is InChI=1S/C20H22N2O4/c21-19(23)16-6-2-1-5-15(16)18(25-14-4-3-10-22-12-14)17-8-7-13-9-11-24-20(13)26-17/h1-2,5-9,11,14,17-18,22H,3-4,10,12H2,(H2,21,23). The number of primary amides is 1. The van der Waals surface area contributed by atoms with Crippen molar-refractivity contribution in [2.45, 2.75) is 31.2 Å². The molecule has 0 aliphatic carbocycles. The predicted octanol–water partition coefficient (Wildman–Crippen LogP) is 2.66. The molecule has 26 heavy (non-hydrogen) atoms. The van der Waals surface area contributed by atoms with E-state index in [9.17, 15) is 4.79 Å². The molecule has 2 aliphatic rings. The number of hydrogen-bond acceptors (Lipinski definition) is 5. The van der Waals surface area contributed by atoms with E-state index in [1.807, 2.05) is 30.4 Å². The number of hydrogen-bond donors (Lipinski definition) is 2. The first-order valence-electron chi connectivity index (χ1n) is 8.89. The second kappa shape index (κ2) is 7.35. The lowest BCUT2D eigenvalue weighted by Crippen LogP contribution is -2.39. The number of amides is 1. The van der Waals surface area contributed by atoms with Crippen LogP contribution in [0.5, 0.6) is 5.95 Å². The third-order valence-corrected chi connectivity index (χ3v) is 4.79. The van der Waals surface area contributed by atoms with Gasteiger partial charge in [-0.15, -0.1) is 0 Å². The fourth-order valence-electron chi connectivity index (χ4n) is 3.49. The highest BCUT2D eigenvalue weighted by molar-refractivity contribution is 5.94. The Labute approximate surface area is 152 Å². The molecule has 2 aromatic rings. The number of nitrogens with two attached hydrogens (primary N) is 1. The maximum atomic E-state index is 11.9. The molecule has 1 aromatic heterocycles. The molecule has 4 rings (SSSR count). The Morgan fingerprint density at radius 2 is 2.19 bits per heavy atom. The van der Waals surface area contributed by atoms with E-state index in [1.165, 1.54) is 0 Å². The average Bonchev–Trinajstić information content (AvgIpc) is 3.14. The zero-order valence-corrected chi connectivity index (χ0v) is 14.4. The van der Waals surface area contributed by atoms with E-state index in [4.69, 9.17) is 19.6 Å². The largest absolute Gasteiger partial charge is 0.454 e. The van der Waals surface area contributed by atoms with E-state index in [2.05, 4.69) is 5.32 Å². The van der Waals surface area contributed by atoms with Crippen molar-refractivity contribution in [3.05, 3.63) is 59.4 Å². The van der Waals surface area contributed by atoms with Crippen molar-refractivity contribution in [1.29, 1.82) is 0 Å². The highest BCUT2D eigenvalue weighted by Crippen LogP contribution is 2.35. The summed E-state index contributed by atoms with van der Waals surface area (Å²) in [6.07, 6.45) is 6.68. The highest BCUT2D eigenvalue weighted by atomic mass is 16.6. The molecular formula is C20H22N2O4. The minimum Gasteiger partial charge on any atom is -0.454 e. The lowest BCUT2D eigenvalue weighted by Gasteiger charge is -2.33. The van der Waals surface area contributed by atoms with Crippen LogP contribution in [-0.2, 0) is 4.74 Å². The Balaban J connectivity index is 1.67. The topological polar surface area (TPSA) is 86.7 Å². The van der Waals surface area contributed by atoms with Crippen molar-refractivity contribution >= 4 is 12.0 Å². The van der Waals surface area contributed by atoms with E-state index in [-0.39, 0.29) is 6.10 Å². The summed E-state index contributed by atoms with van der Waals surface area (Å²) < 4.78 is 17.8. The molecule has 3 unspecified atom stereocenters. The van der Waals surface area contributed by atoms with Crippen LogP contribution >= 0.6 is 0 Å². The summed E-state index contributed by atoms with van der Waals surface area (Å²) in [6, 6.07) is 9.11. The van der Waals surface area contributed by atoms with Crippen molar-refractivity contribution in [1.82, 2.24) is 5.32 Å². The second-order valence-corrected chi connectivity index (χ2v) is 6.58. The van der Waals surface area contributed by atoms with Crippen LogP contribution in [0, 0.1) is 0 Å². The summed E-state index contributed by atoms with van der Waals surface area (Å²) in [5.41, 5.74) is 7.66. The van der Waals surface area contributed by atoms with Crippen molar-refractivity contribution in [3.8, 4) is 5.95 Å². The SMILES string of the molecule is NC(=O)c1ccccc1C(OC1CCCNC1)C1C=Cc2ccoc2O1. The third-order valence-electron chi connectivity index (χ3n) is 4.79. The van der Waals surface area contributed by atoms with Gasteiger partial charge in [0.05, 0.1) is 17.9 Å². The van der Waals surface area contributed by atoms with Gasteiger partial charge in [0, 0.05) is 12.1 Å². The minimum absolute atomic E-state index is 0.0460. The summed E-state index contributed by atoms with van der Waals surface area (Å²) >= 11 is 0. The molecule has 6 heteroatoms. The summed E-state index contributed by atoms with van der Waals surface area (Å²) in [5, 5.41) is 3.35. The van der Waals surface area contributed by atoms with Crippen molar-refractivity contribution < 1.29 is 18.7 Å². The Morgan fingerprint density at radius 1 is 1.31 bits per heavy atom. The smallest absolute Gasteiger partial charge is 0.292 e. The van der Waals surface area contributed by atoms with Crippen LogP contribution in [0.4, 0.5) is 0 Å². The Hall–Kier alpha value is -2.57. The molecule has 0 radical (unpaired) electrons. The molecule has 1 saturated heterocycles. The Morgan fingerprint density at radius 3 is 3.00 bits per heavy atom. The zero-order valence-electron chi connectivity index (χ0n) is 14.4. The number of rotatable bonds is 5. The quantitative estimate of drug-likeness (QED) is 0.862. The van der Waals surface area contributed by atoms with Gasteiger partial charge in [0.25, 0.3) is 5.95 Å². The number of carbonyl (C=O) groups excluding carboxylic acids is 1. The predicted molar refractivity (Wildman–Crippen MR) is 96.8 cm³/mol. The van der Waals surface area contributed by atoms with Crippen LogP contribution < -0.4 is 15.8 Å². The maximum Gasteiger partial charge on any atom is 0.292 e. The highest BCUT2D eigenvalue weighted by Gasteiger charge is 2.33. The van der Waals surface area contributed by atoms with Gasteiger partial charge in [-0.3, -0.25) is 4.79 Å². The first-order chi connectivity index (χ1) is 12.7.